The SMILES string of the molecule is O=C(CC/C=C/c1ccccc1)Oc1ccccc1. The molecular weight excluding hydrogens is 236 g/mol. The van der Waals surface area contributed by atoms with Crippen molar-refractivity contribution in [2.24, 2.45) is 0 Å². The smallest absolute Gasteiger partial charge is 0.311 e. The zero-order valence-electron chi connectivity index (χ0n) is 10.7. The standard InChI is InChI=1S/C17H16O2/c18-17(19-16-12-5-2-6-13-16)14-8-7-11-15-9-3-1-4-10-15/h1-7,9-13H,8,14H2/b11-7+. The first-order valence-corrected chi connectivity index (χ1v) is 6.32. The van der Waals surface area contributed by atoms with Crippen molar-refractivity contribution in [1.82, 2.24) is 0 Å². The molecule has 0 bridgehead atoms. The summed E-state index contributed by atoms with van der Waals surface area (Å²) in [7, 11) is 0. The predicted octanol–water partition coefficient (Wildman–Crippen LogP) is 4.09. The van der Waals surface area contributed by atoms with Crippen LogP contribution in [0.2, 0.25) is 0 Å². The van der Waals surface area contributed by atoms with E-state index in [9.17, 15) is 4.79 Å². The Morgan fingerprint density at radius 1 is 0.947 bits per heavy atom. The first-order valence-electron chi connectivity index (χ1n) is 6.32. The Kier molecular flexibility index (Phi) is 4.94. The molecule has 2 heteroatoms. The zero-order valence-corrected chi connectivity index (χ0v) is 10.7. The third-order valence-corrected chi connectivity index (χ3v) is 2.60. The lowest BCUT2D eigenvalue weighted by atomic mass is 10.2. The lowest BCUT2D eigenvalue weighted by molar-refractivity contribution is -0.134. The van der Waals surface area contributed by atoms with Gasteiger partial charge in [0, 0.05) is 6.42 Å². The van der Waals surface area contributed by atoms with Crippen LogP contribution >= 0.6 is 0 Å². The summed E-state index contributed by atoms with van der Waals surface area (Å²) >= 11 is 0. The van der Waals surface area contributed by atoms with Crippen LogP contribution in [0, 0.1) is 0 Å². The number of allylic oxidation sites excluding steroid dienone is 1. The van der Waals surface area contributed by atoms with E-state index in [-0.39, 0.29) is 5.97 Å². The van der Waals surface area contributed by atoms with E-state index in [1.54, 1.807) is 12.1 Å². The van der Waals surface area contributed by atoms with Crippen molar-refractivity contribution in [1.29, 1.82) is 0 Å². The van der Waals surface area contributed by atoms with Gasteiger partial charge in [-0.25, -0.2) is 0 Å². The van der Waals surface area contributed by atoms with E-state index < -0.39 is 0 Å². The van der Waals surface area contributed by atoms with Crippen LogP contribution in [-0.2, 0) is 4.79 Å². The molecule has 0 heterocycles. The molecule has 0 aliphatic rings. The molecule has 0 spiro atoms. The maximum atomic E-state index is 11.6. The van der Waals surface area contributed by atoms with Gasteiger partial charge >= 0.3 is 5.97 Å². The highest BCUT2D eigenvalue weighted by molar-refractivity contribution is 5.72. The van der Waals surface area contributed by atoms with Crippen molar-refractivity contribution in [2.45, 2.75) is 12.8 Å². The van der Waals surface area contributed by atoms with Crippen LogP contribution in [0.1, 0.15) is 18.4 Å². The fourth-order valence-corrected chi connectivity index (χ4v) is 1.66. The number of hydrogen-bond donors (Lipinski definition) is 0. The number of carbonyl (C=O) groups is 1. The molecule has 0 aliphatic heterocycles. The Balaban J connectivity index is 1.74. The van der Waals surface area contributed by atoms with E-state index in [2.05, 4.69) is 0 Å². The summed E-state index contributed by atoms with van der Waals surface area (Å²) in [6.45, 7) is 0. The second kappa shape index (κ2) is 7.17. The van der Waals surface area contributed by atoms with Crippen LogP contribution < -0.4 is 4.74 Å². The molecule has 0 saturated carbocycles. The largest absolute Gasteiger partial charge is 0.427 e. The molecule has 0 unspecified atom stereocenters. The van der Waals surface area contributed by atoms with Gasteiger partial charge in [-0.15, -0.1) is 0 Å². The normalized spacial score (nSPS) is 10.5. The number of rotatable bonds is 5. The molecule has 0 fully saturated rings. The van der Waals surface area contributed by atoms with Crippen molar-refractivity contribution in [3.05, 3.63) is 72.3 Å². The fraction of sp³-hybridized carbons (Fsp3) is 0.118. The summed E-state index contributed by atoms with van der Waals surface area (Å²) in [4.78, 5) is 11.6. The minimum atomic E-state index is -0.205. The first kappa shape index (κ1) is 13.1. The van der Waals surface area contributed by atoms with E-state index in [0.29, 0.717) is 18.6 Å². The second-order valence-corrected chi connectivity index (χ2v) is 4.14. The third-order valence-electron chi connectivity index (χ3n) is 2.60. The number of carbonyl (C=O) groups excluding carboxylic acids is 1. The molecule has 2 aromatic carbocycles. The highest BCUT2D eigenvalue weighted by atomic mass is 16.5. The molecule has 0 aliphatic carbocycles. The van der Waals surface area contributed by atoms with Gasteiger partial charge in [0.05, 0.1) is 0 Å². The van der Waals surface area contributed by atoms with Gasteiger partial charge in [0.15, 0.2) is 0 Å². The van der Waals surface area contributed by atoms with Gasteiger partial charge in [0.25, 0.3) is 0 Å². The van der Waals surface area contributed by atoms with Crippen molar-refractivity contribution in [2.75, 3.05) is 0 Å². The van der Waals surface area contributed by atoms with Crippen LogP contribution in [0.25, 0.3) is 6.08 Å². The summed E-state index contributed by atoms with van der Waals surface area (Å²) in [5.41, 5.74) is 1.14. The molecule has 19 heavy (non-hydrogen) atoms. The maximum absolute atomic E-state index is 11.6. The molecule has 96 valence electrons. The molecule has 0 aromatic heterocycles. The number of para-hydroxylation sites is 1. The average Bonchev–Trinajstić information content (AvgIpc) is 2.46. The summed E-state index contributed by atoms with van der Waals surface area (Å²) < 4.78 is 5.19. The molecule has 0 atom stereocenters. The number of esters is 1. The Labute approximate surface area is 113 Å². The lowest BCUT2D eigenvalue weighted by Gasteiger charge is -2.02. The summed E-state index contributed by atoms with van der Waals surface area (Å²) in [6, 6.07) is 19.1. The highest BCUT2D eigenvalue weighted by Crippen LogP contribution is 2.10. The van der Waals surface area contributed by atoms with Crippen LogP contribution in [0.4, 0.5) is 0 Å². The average molecular weight is 252 g/mol. The molecule has 0 saturated heterocycles. The van der Waals surface area contributed by atoms with Crippen LogP contribution in [-0.4, -0.2) is 5.97 Å². The Morgan fingerprint density at radius 2 is 1.58 bits per heavy atom. The van der Waals surface area contributed by atoms with Crippen LogP contribution in [0.5, 0.6) is 5.75 Å². The Bertz CT molecular complexity index is 530. The number of ether oxygens (including phenoxy) is 1. The summed E-state index contributed by atoms with van der Waals surface area (Å²) in [6.07, 6.45) is 5.07. The van der Waals surface area contributed by atoms with E-state index >= 15 is 0 Å². The van der Waals surface area contributed by atoms with Crippen molar-refractivity contribution >= 4 is 12.0 Å². The molecular formula is C17H16O2. The molecule has 0 N–H and O–H groups in total. The predicted molar refractivity (Wildman–Crippen MR) is 76.8 cm³/mol. The summed E-state index contributed by atoms with van der Waals surface area (Å²) in [5, 5.41) is 0. The van der Waals surface area contributed by atoms with Crippen LogP contribution in [0.15, 0.2) is 66.7 Å². The fourth-order valence-electron chi connectivity index (χ4n) is 1.66. The maximum Gasteiger partial charge on any atom is 0.311 e. The van der Waals surface area contributed by atoms with E-state index in [1.807, 2.05) is 60.7 Å². The van der Waals surface area contributed by atoms with E-state index in [0.717, 1.165) is 5.56 Å². The molecule has 2 aromatic rings. The highest BCUT2D eigenvalue weighted by Gasteiger charge is 2.02. The van der Waals surface area contributed by atoms with Gasteiger partial charge in [-0.05, 0) is 24.1 Å². The van der Waals surface area contributed by atoms with Gasteiger partial charge in [-0.3, -0.25) is 4.79 Å². The van der Waals surface area contributed by atoms with E-state index in [4.69, 9.17) is 4.74 Å². The minimum absolute atomic E-state index is 0.205. The topological polar surface area (TPSA) is 26.3 Å². The quantitative estimate of drug-likeness (QED) is 0.592. The molecule has 0 radical (unpaired) electrons. The second-order valence-electron chi connectivity index (χ2n) is 4.14. The Hall–Kier alpha value is -2.35. The van der Waals surface area contributed by atoms with Gasteiger partial charge in [-0.1, -0.05) is 60.7 Å². The van der Waals surface area contributed by atoms with Crippen LogP contribution in [0.3, 0.4) is 0 Å². The third kappa shape index (κ3) is 4.80. The zero-order chi connectivity index (χ0) is 13.3. The van der Waals surface area contributed by atoms with Gasteiger partial charge in [0.1, 0.15) is 5.75 Å². The minimum Gasteiger partial charge on any atom is -0.427 e. The van der Waals surface area contributed by atoms with E-state index in [1.165, 1.54) is 0 Å². The Morgan fingerprint density at radius 3 is 2.26 bits per heavy atom. The van der Waals surface area contributed by atoms with Gasteiger partial charge < -0.3 is 4.74 Å². The first-order chi connectivity index (χ1) is 9.34. The van der Waals surface area contributed by atoms with Crippen molar-refractivity contribution in [3.8, 4) is 5.75 Å². The number of benzene rings is 2. The molecule has 2 rings (SSSR count). The molecule has 2 nitrogen and oxygen atoms in total. The molecule has 0 amide bonds. The number of hydrogen-bond acceptors (Lipinski definition) is 2. The van der Waals surface area contributed by atoms with Crippen molar-refractivity contribution < 1.29 is 9.53 Å². The van der Waals surface area contributed by atoms with Gasteiger partial charge in [0.2, 0.25) is 0 Å². The van der Waals surface area contributed by atoms with Crippen molar-refractivity contribution in [3.63, 3.8) is 0 Å². The van der Waals surface area contributed by atoms with Gasteiger partial charge in [-0.2, -0.15) is 0 Å². The summed E-state index contributed by atoms with van der Waals surface area (Å²) in [5.74, 6) is 0.392. The lowest BCUT2D eigenvalue weighted by Crippen LogP contribution is -2.06. The monoisotopic (exact) mass is 252 g/mol.